The van der Waals surface area contributed by atoms with Gasteiger partial charge >= 0.3 is 5.97 Å². The van der Waals surface area contributed by atoms with Gasteiger partial charge in [-0.2, -0.15) is 0 Å². The van der Waals surface area contributed by atoms with Gasteiger partial charge in [0.25, 0.3) is 0 Å². The Bertz CT molecular complexity index is 967. The van der Waals surface area contributed by atoms with Crippen molar-refractivity contribution < 1.29 is 14.3 Å². The van der Waals surface area contributed by atoms with Gasteiger partial charge in [0, 0.05) is 11.1 Å². The third-order valence-corrected chi connectivity index (χ3v) is 6.36. The maximum Gasteiger partial charge on any atom is 0.312 e. The van der Waals surface area contributed by atoms with Crippen molar-refractivity contribution in [3.8, 4) is 28.0 Å². The maximum absolute atomic E-state index is 12.5. The summed E-state index contributed by atoms with van der Waals surface area (Å²) >= 11 is 0. The summed E-state index contributed by atoms with van der Waals surface area (Å²) in [5, 5.41) is 0. The van der Waals surface area contributed by atoms with E-state index in [1.54, 1.807) is 0 Å². The van der Waals surface area contributed by atoms with E-state index < -0.39 is 0 Å². The summed E-state index contributed by atoms with van der Waals surface area (Å²) in [4.78, 5) is 12.5. The lowest BCUT2D eigenvalue weighted by Gasteiger charge is -2.18. The van der Waals surface area contributed by atoms with Crippen LogP contribution in [-0.2, 0) is 9.53 Å². The standard InChI is InChI=1S/C27H28O3.C2H6/c1-26(2)19-27(26,3)25(28)30-18-17-29-24-22(20-11-6-4-7-12-20)15-10-16-23(24)21-13-8-5-9-14-21;1-2/h4-16H,17-19H2,1-3H3;1-2H3. The Hall–Kier alpha value is -3.07. The highest BCUT2D eigenvalue weighted by atomic mass is 16.6. The second kappa shape index (κ2) is 10.0. The van der Waals surface area contributed by atoms with Crippen molar-refractivity contribution >= 4 is 5.97 Å². The lowest BCUT2D eigenvalue weighted by atomic mass is 9.97. The normalized spacial score (nSPS) is 18.2. The highest BCUT2D eigenvalue weighted by molar-refractivity contribution is 5.82. The molecule has 0 radical (unpaired) electrons. The number of ether oxygens (including phenoxy) is 2. The van der Waals surface area contributed by atoms with E-state index in [4.69, 9.17) is 9.47 Å². The van der Waals surface area contributed by atoms with Gasteiger partial charge in [-0.25, -0.2) is 0 Å². The summed E-state index contributed by atoms with van der Waals surface area (Å²) in [6, 6.07) is 26.6. The second-order valence-electron chi connectivity index (χ2n) is 8.79. The number of hydrogen-bond donors (Lipinski definition) is 0. The second-order valence-corrected chi connectivity index (χ2v) is 8.79. The van der Waals surface area contributed by atoms with E-state index in [9.17, 15) is 4.79 Å². The molecular weight excluding hydrogens is 396 g/mol. The monoisotopic (exact) mass is 430 g/mol. The van der Waals surface area contributed by atoms with E-state index in [2.05, 4.69) is 50.2 Å². The fraction of sp³-hybridized carbons (Fsp3) is 0.345. The predicted octanol–water partition coefficient (Wildman–Crippen LogP) is 7.41. The average molecular weight is 431 g/mol. The van der Waals surface area contributed by atoms with Crippen molar-refractivity contribution in [2.24, 2.45) is 10.8 Å². The van der Waals surface area contributed by atoms with Crippen LogP contribution < -0.4 is 4.74 Å². The van der Waals surface area contributed by atoms with Gasteiger partial charge in [-0.05, 0) is 29.9 Å². The van der Waals surface area contributed by atoms with Crippen LogP contribution in [0.2, 0.25) is 0 Å². The summed E-state index contributed by atoms with van der Waals surface area (Å²) < 4.78 is 11.8. The zero-order valence-corrected chi connectivity index (χ0v) is 19.9. The topological polar surface area (TPSA) is 35.5 Å². The van der Waals surface area contributed by atoms with E-state index in [-0.39, 0.29) is 23.4 Å². The van der Waals surface area contributed by atoms with Crippen molar-refractivity contribution in [1.29, 1.82) is 0 Å². The van der Waals surface area contributed by atoms with Crippen LogP contribution in [0.4, 0.5) is 0 Å². The molecule has 3 nitrogen and oxygen atoms in total. The Kier molecular flexibility index (Phi) is 7.40. The fourth-order valence-corrected chi connectivity index (χ4v) is 4.01. The Balaban J connectivity index is 0.00000141. The van der Waals surface area contributed by atoms with Gasteiger partial charge in [-0.1, -0.05) is 107 Å². The van der Waals surface area contributed by atoms with Gasteiger partial charge < -0.3 is 9.47 Å². The van der Waals surface area contributed by atoms with E-state index in [1.165, 1.54) is 0 Å². The molecule has 1 aliphatic rings. The number of para-hydroxylation sites is 1. The number of benzene rings is 3. The Morgan fingerprint density at radius 3 is 1.66 bits per heavy atom. The van der Waals surface area contributed by atoms with Gasteiger partial charge in [0.2, 0.25) is 0 Å². The van der Waals surface area contributed by atoms with Crippen LogP contribution in [0.3, 0.4) is 0 Å². The van der Waals surface area contributed by atoms with E-state index >= 15 is 0 Å². The molecule has 4 rings (SSSR count). The van der Waals surface area contributed by atoms with Crippen molar-refractivity contribution in [1.82, 2.24) is 0 Å². The molecule has 0 N–H and O–H groups in total. The van der Waals surface area contributed by atoms with Gasteiger partial charge in [0.1, 0.15) is 19.0 Å². The molecule has 168 valence electrons. The third kappa shape index (κ3) is 4.88. The molecule has 3 aromatic carbocycles. The largest absolute Gasteiger partial charge is 0.489 e. The Labute approximate surface area is 192 Å². The summed E-state index contributed by atoms with van der Waals surface area (Å²) in [7, 11) is 0. The van der Waals surface area contributed by atoms with Crippen LogP contribution in [0.15, 0.2) is 78.9 Å². The van der Waals surface area contributed by atoms with Crippen LogP contribution in [0, 0.1) is 10.8 Å². The molecule has 3 heteroatoms. The molecule has 3 aromatic rings. The van der Waals surface area contributed by atoms with Crippen molar-refractivity contribution in [2.45, 2.75) is 41.0 Å². The molecule has 1 saturated carbocycles. The minimum Gasteiger partial charge on any atom is -0.489 e. The van der Waals surface area contributed by atoms with Gasteiger partial charge in [0.15, 0.2) is 0 Å². The molecule has 1 aliphatic carbocycles. The minimum absolute atomic E-state index is 0.0192. The fourth-order valence-electron chi connectivity index (χ4n) is 4.01. The molecule has 0 heterocycles. The first-order chi connectivity index (χ1) is 15.4. The Morgan fingerprint density at radius 2 is 1.22 bits per heavy atom. The van der Waals surface area contributed by atoms with Crippen LogP contribution in [0.5, 0.6) is 5.75 Å². The molecule has 0 spiro atoms. The van der Waals surface area contributed by atoms with Crippen molar-refractivity contribution in [2.75, 3.05) is 13.2 Å². The number of carbonyl (C=O) groups is 1. The highest BCUT2D eigenvalue weighted by Gasteiger charge is 2.63. The van der Waals surface area contributed by atoms with Gasteiger partial charge in [0.05, 0.1) is 5.41 Å². The first kappa shape index (κ1) is 23.6. The molecule has 0 aliphatic heterocycles. The van der Waals surface area contributed by atoms with Gasteiger partial charge in [-0.15, -0.1) is 0 Å². The molecule has 1 atom stereocenters. The van der Waals surface area contributed by atoms with E-state index in [0.29, 0.717) is 6.61 Å². The molecule has 32 heavy (non-hydrogen) atoms. The molecule has 1 fully saturated rings. The molecular formula is C29H34O3. The number of rotatable bonds is 7. The molecule has 0 amide bonds. The smallest absolute Gasteiger partial charge is 0.312 e. The third-order valence-electron chi connectivity index (χ3n) is 6.36. The zero-order chi connectivity index (χ0) is 23.2. The van der Waals surface area contributed by atoms with E-state index in [1.807, 2.05) is 63.2 Å². The maximum atomic E-state index is 12.5. The first-order valence-corrected chi connectivity index (χ1v) is 11.5. The summed E-state index contributed by atoms with van der Waals surface area (Å²) in [6.07, 6.45) is 0.870. The average Bonchev–Trinajstić information content (AvgIpc) is 3.37. The van der Waals surface area contributed by atoms with Crippen LogP contribution in [0.25, 0.3) is 22.3 Å². The van der Waals surface area contributed by atoms with Crippen molar-refractivity contribution in [3.63, 3.8) is 0 Å². The lowest BCUT2D eigenvalue weighted by molar-refractivity contribution is -0.151. The van der Waals surface area contributed by atoms with Gasteiger partial charge in [-0.3, -0.25) is 4.79 Å². The Morgan fingerprint density at radius 1 is 0.750 bits per heavy atom. The summed E-state index contributed by atoms with van der Waals surface area (Å²) in [5.41, 5.74) is 3.89. The molecule has 0 saturated heterocycles. The quantitative estimate of drug-likeness (QED) is 0.289. The predicted molar refractivity (Wildman–Crippen MR) is 132 cm³/mol. The minimum atomic E-state index is -0.371. The molecule has 0 bridgehead atoms. The highest BCUT2D eigenvalue weighted by Crippen LogP contribution is 2.63. The lowest BCUT2D eigenvalue weighted by Crippen LogP contribution is -2.23. The molecule has 1 unspecified atom stereocenters. The van der Waals surface area contributed by atoms with Crippen LogP contribution in [0.1, 0.15) is 41.0 Å². The van der Waals surface area contributed by atoms with Crippen LogP contribution in [-0.4, -0.2) is 19.2 Å². The zero-order valence-electron chi connectivity index (χ0n) is 19.9. The SMILES string of the molecule is CC.CC1(C)CC1(C)C(=O)OCCOc1c(-c2ccccc2)cccc1-c1ccccc1. The first-order valence-electron chi connectivity index (χ1n) is 11.5. The number of hydrogen-bond acceptors (Lipinski definition) is 3. The van der Waals surface area contributed by atoms with E-state index in [0.717, 1.165) is 34.4 Å². The number of carbonyl (C=O) groups excluding carboxylic acids is 1. The summed E-state index contributed by atoms with van der Waals surface area (Å²) in [6.45, 7) is 10.7. The van der Waals surface area contributed by atoms with Crippen LogP contribution >= 0.6 is 0 Å². The molecule has 0 aromatic heterocycles. The number of esters is 1. The summed E-state index contributed by atoms with van der Waals surface area (Å²) in [5.74, 6) is 0.680. The van der Waals surface area contributed by atoms with Crippen molar-refractivity contribution in [3.05, 3.63) is 78.9 Å².